The highest BCUT2D eigenvalue weighted by atomic mass is 16.1. The van der Waals surface area contributed by atoms with Crippen LogP contribution >= 0.6 is 0 Å². The number of hydrogen-bond acceptors (Lipinski definition) is 2. The molecule has 0 saturated carbocycles. The van der Waals surface area contributed by atoms with Gasteiger partial charge in [-0.1, -0.05) is 51.1 Å². The first kappa shape index (κ1) is 13.6. The Morgan fingerprint density at radius 3 is 2.06 bits per heavy atom. The second-order valence-corrected chi connectivity index (χ2v) is 5.45. The number of carbonyl (C=O) groups excluding carboxylic acids is 2. The van der Waals surface area contributed by atoms with Crippen LogP contribution < -0.4 is 0 Å². The minimum atomic E-state index is -0.386. The zero-order valence-corrected chi connectivity index (χ0v) is 11.0. The number of ketones is 2. The van der Waals surface area contributed by atoms with E-state index in [2.05, 4.69) is 0 Å². The van der Waals surface area contributed by atoms with Crippen LogP contribution in [0.15, 0.2) is 30.3 Å². The highest BCUT2D eigenvalue weighted by molar-refractivity contribution is 5.92. The van der Waals surface area contributed by atoms with Gasteiger partial charge in [-0.15, -0.1) is 0 Å². The van der Waals surface area contributed by atoms with Crippen molar-refractivity contribution < 1.29 is 9.59 Å². The molecular weight excluding hydrogens is 212 g/mol. The molecule has 0 N–H and O–H groups in total. The minimum Gasteiger partial charge on any atom is -0.299 e. The molecule has 0 saturated heterocycles. The maximum atomic E-state index is 12.0. The Morgan fingerprint density at radius 1 is 1.12 bits per heavy atom. The van der Waals surface area contributed by atoms with Gasteiger partial charge in [0.1, 0.15) is 11.6 Å². The van der Waals surface area contributed by atoms with E-state index < -0.39 is 0 Å². The summed E-state index contributed by atoms with van der Waals surface area (Å²) >= 11 is 0. The number of rotatable bonds is 4. The van der Waals surface area contributed by atoms with Crippen molar-refractivity contribution in [2.45, 2.75) is 40.0 Å². The molecule has 0 aliphatic carbocycles. The molecule has 1 atom stereocenters. The van der Waals surface area contributed by atoms with E-state index in [1.165, 1.54) is 0 Å². The average Bonchev–Trinajstić information content (AvgIpc) is 2.25. The molecule has 0 amide bonds. The molecular formula is C15H20O2. The third-order valence-electron chi connectivity index (χ3n) is 2.92. The zero-order valence-electron chi connectivity index (χ0n) is 11.0. The fourth-order valence-electron chi connectivity index (χ4n) is 1.67. The molecule has 2 nitrogen and oxygen atoms in total. The molecule has 0 aromatic heterocycles. The Hall–Kier alpha value is -1.44. The van der Waals surface area contributed by atoms with Crippen LogP contribution in [0.5, 0.6) is 0 Å². The monoisotopic (exact) mass is 232 g/mol. The summed E-state index contributed by atoms with van der Waals surface area (Å²) in [7, 11) is 0. The van der Waals surface area contributed by atoms with Crippen molar-refractivity contribution in [3.05, 3.63) is 35.9 Å². The maximum absolute atomic E-state index is 12.0. The van der Waals surface area contributed by atoms with Crippen molar-refractivity contribution in [1.29, 1.82) is 0 Å². The van der Waals surface area contributed by atoms with E-state index in [1.807, 2.05) is 51.1 Å². The molecule has 92 valence electrons. The van der Waals surface area contributed by atoms with E-state index in [0.29, 0.717) is 6.42 Å². The van der Waals surface area contributed by atoms with Gasteiger partial charge in [-0.2, -0.15) is 0 Å². The van der Waals surface area contributed by atoms with E-state index >= 15 is 0 Å². The van der Waals surface area contributed by atoms with Crippen molar-refractivity contribution >= 4 is 11.6 Å². The molecule has 0 bridgehead atoms. The third kappa shape index (κ3) is 3.81. The fourth-order valence-corrected chi connectivity index (χ4v) is 1.67. The lowest BCUT2D eigenvalue weighted by Gasteiger charge is -2.20. The summed E-state index contributed by atoms with van der Waals surface area (Å²) in [5.41, 5.74) is 0.542. The second kappa shape index (κ2) is 5.26. The predicted octanol–water partition coefficient (Wildman–Crippen LogP) is 3.36. The predicted molar refractivity (Wildman–Crippen MR) is 68.9 cm³/mol. The second-order valence-electron chi connectivity index (χ2n) is 5.45. The molecule has 1 rings (SSSR count). The average molecular weight is 232 g/mol. The lowest BCUT2D eigenvalue weighted by atomic mass is 9.81. The lowest BCUT2D eigenvalue weighted by Crippen LogP contribution is -2.24. The van der Waals surface area contributed by atoms with Gasteiger partial charge in [0.25, 0.3) is 0 Å². The summed E-state index contributed by atoms with van der Waals surface area (Å²) in [4.78, 5) is 23.7. The number of Topliss-reactive ketones (excluding diaryl/α,β-unsaturated/α-hetero) is 2. The summed E-state index contributed by atoms with van der Waals surface area (Å²) in [5.74, 6) is -0.127. The largest absolute Gasteiger partial charge is 0.299 e. The van der Waals surface area contributed by atoms with Gasteiger partial charge in [0.05, 0.1) is 0 Å². The van der Waals surface area contributed by atoms with Crippen molar-refractivity contribution in [3.8, 4) is 0 Å². The molecule has 1 aromatic carbocycles. The Labute approximate surface area is 103 Å². The maximum Gasteiger partial charge on any atom is 0.139 e. The number of hydrogen-bond donors (Lipinski definition) is 0. The standard InChI is InChI=1S/C15H20O2/c1-11(16)13(10-14(17)15(2,3)4)12-8-6-5-7-9-12/h5-9,13H,10H2,1-4H3. The Bertz CT molecular complexity index is 399. The van der Waals surface area contributed by atoms with Gasteiger partial charge in [0, 0.05) is 17.8 Å². The topological polar surface area (TPSA) is 34.1 Å². The summed E-state index contributed by atoms with van der Waals surface area (Å²) in [6.45, 7) is 7.21. The van der Waals surface area contributed by atoms with Crippen LogP contribution in [0.2, 0.25) is 0 Å². The highest BCUT2D eigenvalue weighted by Gasteiger charge is 2.27. The van der Waals surface area contributed by atoms with Gasteiger partial charge >= 0.3 is 0 Å². The van der Waals surface area contributed by atoms with Crippen LogP contribution in [0, 0.1) is 5.41 Å². The Balaban J connectivity index is 2.90. The van der Waals surface area contributed by atoms with Gasteiger partial charge in [-0.05, 0) is 12.5 Å². The van der Waals surface area contributed by atoms with E-state index in [4.69, 9.17) is 0 Å². The van der Waals surface area contributed by atoms with Crippen LogP contribution in [-0.4, -0.2) is 11.6 Å². The minimum absolute atomic E-state index is 0.0498. The van der Waals surface area contributed by atoms with Crippen LogP contribution in [0.4, 0.5) is 0 Å². The van der Waals surface area contributed by atoms with Crippen LogP contribution in [0.25, 0.3) is 0 Å². The Morgan fingerprint density at radius 2 is 1.65 bits per heavy atom. The SMILES string of the molecule is CC(=O)C(CC(=O)C(C)(C)C)c1ccccc1. The van der Waals surface area contributed by atoms with Gasteiger partial charge in [0.2, 0.25) is 0 Å². The first-order valence-corrected chi connectivity index (χ1v) is 5.91. The quantitative estimate of drug-likeness (QED) is 0.797. The molecule has 0 heterocycles. The van der Waals surface area contributed by atoms with Crippen molar-refractivity contribution in [2.75, 3.05) is 0 Å². The molecule has 17 heavy (non-hydrogen) atoms. The molecule has 0 aliphatic heterocycles. The summed E-state index contributed by atoms with van der Waals surface area (Å²) < 4.78 is 0. The molecule has 0 aliphatic rings. The highest BCUT2D eigenvalue weighted by Crippen LogP contribution is 2.26. The molecule has 1 unspecified atom stereocenters. The van der Waals surface area contributed by atoms with Crippen molar-refractivity contribution in [1.82, 2.24) is 0 Å². The fraction of sp³-hybridized carbons (Fsp3) is 0.467. The van der Waals surface area contributed by atoms with E-state index in [1.54, 1.807) is 6.92 Å². The van der Waals surface area contributed by atoms with Gasteiger partial charge < -0.3 is 0 Å². The van der Waals surface area contributed by atoms with E-state index in [0.717, 1.165) is 5.56 Å². The molecule has 0 fully saturated rings. The third-order valence-corrected chi connectivity index (χ3v) is 2.92. The van der Waals surface area contributed by atoms with Crippen LogP contribution in [0.3, 0.4) is 0 Å². The van der Waals surface area contributed by atoms with E-state index in [-0.39, 0.29) is 22.9 Å². The van der Waals surface area contributed by atoms with Crippen LogP contribution in [-0.2, 0) is 9.59 Å². The summed E-state index contributed by atoms with van der Waals surface area (Å²) in [6.07, 6.45) is 0.294. The molecule has 0 radical (unpaired) electrons. The van der Waals surface area contributed by atoms with Gasteiger partial charge in [-0.25, -0.2) is 0 Å². The van der Waals surface area contributed by atoms with E-state index in [9.17, 15) is 9.59 Å². The van der Waals surface area contributed by atoms with Crippen molar-refractivity contribution in [2.24, 2.45) is 5.41 Å². The lowest BCUT2D eigenvalue weighted by molar-refractivity contribution is -0.129. The molecule has 2 heteroatoms. The normalized spacial score (nSPS) is 13.2. The molecule has 1 aromatic rings. The first-order chi connectivity index (χ1) is 7.82. The zero-order chi connectivity index (χ0) is 13.1. The number of carbonyl (C=O) groups is 2. The summed E-state index contributed by atoms with van der Waals surface area (Å²) in [6, 6.07) is 9.51. The summed E-state index contributed by atoms with van der Waals surface area (Å²) in [5, 5.41) is 0. The number of benzene rings is 1. The molecule has 0 spiro atoms. The van der Waals surface area contributed by atoms with Gasteiger partial charge in [0.15, 0.2) is 0 Å². The smallest absolute Gasteiger partial charge is 0.139 e. The van der Waals surface area contributed by atoms with Crippen LogP contribution in [0.1, 0.15) is 45.6 Å². The van der Waals surface area contributed by atoms with Crippen molar-refractivity contribution in [3.63, 3.8) is 0 Å². The van der Waals surface area contributed by atoms with Gasteiger partial charge in [-0.3, -0.25) is 9.59 Å². The Kier molecular flexibility index (Phi) is 4.22. The first-order valence-electron chi connectivity index (χ1n) is 5.91.